The van der Waals surface area contributed by atoms with Crippen molar-refractivity contribution in [1.29, 1.82) is 0 Å². The number of nitrogens with zero attached hydrogens (tertiary/aromatic N) is 2. The van der Waals surface area contributed by atoms with Crippen molar-refractivity contribution in [3.63, 3.8) is 0 Å². The van der Waals surface area contributed by atoms with Crippen molar-refractivity contribution in [2.45, 2.75) is 6.92 Å². The minimum atomic E-state index is -0.258. The lowest BCUT2D eigenvalue weighted by molar-refractivity contribution is -0.116. The Morgan fingerprint density at radius 2 is 2.15 bits per heavy atom. The van der Waals surface area contributed by atoms with Crippen molar-refractivity contribution in [3.05, 3.63) is 31.9 Å². The van der Waals surface area contributed by atoms with E-state index in [-0.39, 0.29) is 18.4 Å². The summed E-state index contributed by atoms with van der Waals surface area (Å²) in [5.74, 6) is -0.433. The van der Waals surface area contributed by atoms with Crippen LogP contribution in [0.3, 0.4) is 0 Å². The average Bonchev–Trinajstić information content (AvgIpc) is 2.97. The number of nitrogens with one attached hydrogen (secondary N) is 1. The third kappa shape index (κ3) is 3.87. The van der Waals surface area contributed by atoms with Crippen LogP contribution >= 0.6 is 38.6 Å². The average molecular weight is 374 g/mol. The topological polar surface area (TPSA) is 62.3 Å². The van der Waals surface area contributed by atoms with Gasteiger partial charge in [0.2, 0.25) is 5.91 Å². The molecule has 2 aromatic heterocycles. The number of rotatable bonds is 4. The van der Waals surface area contributed by atoms with Crippen LogP contribution in [-0.4, -0.2) is 35.3 Å². The fourth-order valence-electron chi connectivity index (χ4n) is 1.48. The van der Waals surface area contributed by atoms with Crippen LogP contribution < -0.4 is 5.32 Å². The minimum absolute atomic E-state index is 0.00696. The molecule has 0 saturated carbocycles. The SMILES string of the molecule is Cc1cnc(NC(=O)CN(C)C(=O)c2ccc(Br)s2)s1. The van der Waals surface area contributed by atoms with Gasteiger partial charge in [-0.2, -0.15) is 0 Å². The fraction of sp³-hybridized carbons (Fsp3) is 0.250. The first-order valence-corrected chi connectivity index (χ1v) is 8.11. The monoisotopic (exact) mass is 373 g/mol. The van der Waals surface area contributed by atoms with Crippen molar-refractivity contribution in [2.24, 2.45) is 0 Å². The second-order valence-corrected chi connectivity index (χ2v) is 7.79. The molecule has 0 unspecified atom stereocenters. The molecule has 2 rings (SSSR count). The Hall–Kier alpha value is -1.25. The maximum absolute atomic E-state index is 12.1. The van der Waals surface area contributed by atoms with Gasteiger partial charge in [-0.05, 0) is 35.0 Å². The van der Waals surface area contributed by atoms with Gasteiger partial charge in [0.05, 0.1) is 15.2 Å². The van der Waals surface area contributed by atoms with Gasteiger partial charge in [0.1, 0.15) is 0 Å². The van der Waals surface area contributed by atoms with Gasteiger partial charge in [-0.25, -0.2) is 4.98 Å². The van der Waals surface area contributed by atoms with E-state index in [1.54, 1.807) is 19.3 Å². The van der Waals surface area contributed by atoms with E-state index in [4.69, 9.17) is 0 Å². The summed E-state index contributed by atoms with van der Waals surface area (Å²) < 4.78 is 0.886. The van der Waals surface area contributed by atoms with Crippen molar-refractivity contribution in [2.75, 3.05) is 18.9 Å². The molecular weight excluding hydrogens is 362 g/mol. The Bertz CT molecular complexity index is 638. The highest BCUT2D eigenvalue weighted by Gasteiger charge is 2.17. The molecule has 0 radical (unpaired) electrons. The van der Waals surface area contributed by atoms with Gasteiger partial charge in [0, 0.05) is 18.1 Å². The molecule has 0 atom stereocenters. The van der Waals surface area contributed by atoms with E-state index in [1.165, 1.54) is 27.6 Å². The van der Waals surface area contributed by atoms with Gasteiger partial charge in [-0.1, -0.05) is 0 Å². The number of anilines is 1. The number of thiazole rings is 1. The van der Waals surface area contributed by atoms with Crippen LogP contribution in [0.1, 0.15) is 14.5 Å². The molecule has 2 amide bonds. The molecule has 1 N–H and O–H groups in total. The molecule has 5 nitrogen and oxygen atoms in total. The van der Waals surface area contributed by atoms with Crippen molar-refractivity contribution < 1.29 is 9.59 Å². The Labute approximate surface area is 132 Å². The lowest BCUT2D eigenvalue weighted by Gasteiger charge is -2.15. The Balaban J connectivity index is 1.92. The molecule has 2 aromatic rings. The predicted molar refractivity (Wildman–Crippen MR) is 84.5 cm³/mol. The molecule has 0 fully saturated rings. The first-order chi connectivity index (χ1) is 9.45. The third-order valence-electron chi connectivity index (χ3n) is 2.38. The third-order valence-corrected chi connectivity index (χ3v) is 4.82. The summed E-state index contributed by atoms with van der Waals surface area (Å²) in [6.07, 6.45) is 1.69. The van der Waals surface area contributed by atoms with Crippen LogP contribution in [0.2, 0.25) is 0 Å². The van der Waals surface area contributed by atoms with E-state index in [0.717, 1.165) is 8.66 Å². The fourth-order valence-corrected chi connectivity index (χ4v) is 3.54. The molecule has 0 bridgehead atoms. The van der Waals surface area contributed by atoms with Crippen molar-refractivity contribution >= 4 is 55.5 Å². The number of hydrogen-bond donors (Lipinski definition) is 1. The number of halogens is 1. The van der Waals surface area contributed by atoms with E-state index in [9.17, 15) is 9.59 Å². The Kier molecular flexibility index (Phi) is 4.90. The van der Waals surface area contributed by atoms with Crippen LogP contribution in [0.4, 0.5) is 5.13 Å². The second kappa shape index (κ2) is 6.47. The number of amides is 2. The maximum Gasteiger partial charge on any atom is 0.264 e. The van der Waals surface area contributed by atoms with E-state index in [0.29, 0.717) is 10.0 Å². The van der Waals surface area contributed by atoms with Gasteiger partial charge >= 0.3 is 0 Å². The van der Waals surface area contributed by atoms with Crippen LogP contribution in [-0.2, 0) is 4.79 Å². The first-order valence-electron chi connectivity index (χ1n) is 5.69. The lowest BCUT2D eigenvalue weighted by atomic mass is 10.4. The molecule has 0 aromatic carbocycles. The van der Waals surface area contributed by atoms with Crippen LogP contribution in [0.25, 0.3) is 0 Å². The van der Waals surface area contributed by atoms with Gasteiger partial charge in [0.15, 0.2) is 5.13 Å². The molecule has 8 heteroatoms. The Morgan fingerprint density at radius 1 is 1.40 bits per heavy atom. The largest absolute Gasteiger partial charge is 0.332 e. The molecule has 0 aliphatic rings. The highest BCUT2D eigenvalue weighted by molar-refractivity contribution is 9.11. The summed E-state index contributed by atoms with van der Waals surface area (Å²) in [6, 6.07) is 3.54. The molecule has 106 valence electrons. The summed E-state index contributed by atoms with van der Waals surface area (Å²) in [5.41, 5.74) is 0. The summed E-state index contributed by atoms with van der Waals surface area (Å²) >= 11 is 6.05. The summed E-state index contributed by atoms with van der Waals surface area (Å²) in [6.45, 7) is 1.91. The molecule has 2 heterocycles. The number of carbonyl (C=O) groups excluding carboxylic acids is 2. The van der Waals surface area contributed by atoms with Gasteiger partial charge in [-0.3, -0.25) is 9.59 Å². The van der Waals surface area contributed by atoms with Crippen LogP contribution in [0.15, 0.2) is 22.1 Å². The van der Waals surface area contributed by atoms with Crippen molar-refractivity contribution in [1.82, 2.24) is 9.88 Å². The minimum Gasteiger partial charge on any atom is -0.332 e. The lowest BCUT2D eigenvalue weighted by Crippen LogP contribution is -2.34. The van der Waals surface area contributed by atoms with E-state index >= 15 is 0 Å². The van der Waals surface area contributed by atoms with Crippen molar-refractivity contribution in [3.8, 4) is 0 Å². The number of thiophene rings is 1. The molecule has 20 heavy (non-hydrogen) atoms. The number of aryl methyl sites for hydroxylation is 1. The highest BCUT2D eigenvalue weighted by Crippen LogP contribution is 2.23. The normalized spacial score (nSPS) is 10.3. The number of carbonyl (C=O) groups is 2. The Morgan fingerprint density at radius 3 is 2.70 bits per heavy atom. The number of hydrogen-bond acceptors (Lipinski definition) is 5. The number of likely N-dealkylation sites (N-methyl/N-ethyl adjacent to an activating group) is 1. The van der Waals surface area contributed by atoms with Gasteiger partial charge in [-0.15, -0.1) is 22.7 Å². The van der Waals surface area contributed by atoms with Crippen LogP contribution in [0, 0.1) is 6.92 Å². The summed E-state index contributed by atoms with van der Waals surface area (Å²) in [5, 5.41) is 3.22. The zero-order valence-electron chi connectivity index (χ0n) is 10.8. The number of aromatic nitrogens is 1. The second-order valence-electron chi connectivity index (χ2n) is 4.09. The molecule has 0 spiro atoms. The van der Waals surface area contributed by atoms with E-state index in [1.807, 2.05) is 13.0 Å². The maximum atomic E-state index is 12.1. The van der Waals surface area contributed by atoms with E-state index in [2.05, 4.69) is 26.2 Å². The van der Waals surface area contributed by atoms with Gasteiger partial charge in [0.25, 0.3) is 5.91 Å². The standard InChI is InChI=1S/C12H12BrN3O2S2/c1-7-5-14-12(19-7)15-10(17)6-16(2)11(18)8-3-4-9(13)20-8/h3-5H,6H2,1-2H3,(H,14,15,17). The predicted octanol–water partition coefficient (Wildman–Crippen LogP) is 2.99. The summed E-state index contributed by atoms with van der Waals surface area (Å²) in [7, 11) is 1.60. The zero-order valence-corrected chi connectivity index (χ0v) is 14.1. The quantitative estimate of drug-likeness (QED) is 0.895. The van der Waals surface area contributed by atoms with Crippen LogP contribution in [0.5, 0.6) is 0 Å². The van der Waals surface area contributed by atoms with E-state index < -0.39 is 0 Å². The molecule has 0 saturated heterocycles. The smallest absolute Gasteiger partial charge is 0.264 e. The summed E-state index contributed by atoms with van der Waals surface area (Å²) in [4.78, 5) is 30.9. The zero-order chi connectivity index (χ0) is 14.7. The highest BCUT2D eigenvalue weighted by atomic mass is 79.9. The molecule has 0 aliphatic carbocycles. The molecule has 0 aliphatic heterocycles. The molecular formula is C12H12BrN3O2S2. The van der Waals surface area contributed by atoms with Gasteiger partial charge < -0.3 is 10.2 Å². The first kappa shape index (κ1) is 15.1.